The minimum Gasteiger partial charge on any atom is -0.376 e. The minimum atomic E-state index is -1.89. The van der Waals surface area contributed by atoms with Gasteiger partial charge in [0.2, 0.25) is 0 Å². The zero-order chi connectivity index (χ0) is 4.99. The predicted octanol–water partition coefficient (Wildman–Crippen LogP) is 1.30. The van der Waals surface area contributed by atoms with Crippen LogP contribution in [0.25, 0.3) is 0 Å². The van der Waals surface area contributed by atoms with E-state index in [1.54, 1.807) is 0 Å². The lowest BCUT2D eigenvalue weighted by molar-refractivity contribution is 0.253. The molecule has 0 saturated carbocycles. The molecule has 0 rings (SSSR count). The van der Waals surface area contributed by atoms with E-state index >= 15 is 0 Å². The highest BCUT2D eigenvalue weighted by molar-refractivity contribution is 7.73. The van der Waals surface area contributed by atoms with Gasteiger partial charge in [0.25, 0.3) is 0 Å². The van der Waals surface area contributed by atoms with Crippen LogP contribution in [-0.4, -0.2) is 13.5 Å². The summed E-state index contributed by atoms with van der Waals surface area (Å²) in [7, 11) is -0.422. The lowest BCUT2D eigenvalue weighted by atomic mass is 11.5. The van der Waals surface area contributed by atoms with Gasteiger partial charge < -0.3 is 9.30 Å². The van der Waals surface area contributed by atoms with Crippen molar-refractivity contribution in [2.24, 2.45) is 0 Å². The molecule has 38 valence electrons. The third-order valence-corrected chi connectivity index (χ3v) is 1.10. The van der Waals surface area contributed by atoms with Crippen molar-refractivity contribution in [2.45, 2.75) is 0 Å². The third-order valence-electron chi connectivity index (χ3n) is 0.258. The Balaban J connectivity index is 2.83. The maximum atomic E-state index is 9.87. The molecule has 0 aromatic heterocycles. The lowest BCUT2D eigenvalue weighted by Crippen LogP contribution is -1.73. The van der Waals surface area contributed by atoms with Crippen molar-refractivity contribution in [1.82, 2.24) is 0 Å². The standard InChI is InChI=1S/C2H6ClO2P/c1-5-2-6(3)4/h6H,2H2,1H3. The number of ether oxygens (including phenoxy) is 1. The second-order valence-electron chi connectivity index (χ2n) is 0.788. The van der Waals surface area contributed by atoms with Gasteiger partial charge >= 0.3 is 0 Å². The summed E-state index contributed by atoms with van der Waals surface area (Å²) in [5.41, 5.74) is 0. The Kier molecular flexibility index (Phi) is 3.96. The monoisotopic (exact) mass is 128 g/mol. The average molecular weight is 128 g/mol. The van der Waals surface area contributed by atoms with Gasteiger partial charge in [-0.1, -0.05) is 11.2 Å². The Labute approximate surface area is 42.0 Å². The van der Waals surface area contributed by atoms with Gasteiger partial charge in [0, 0.05) is 7.11 Å². The van der Waals surface area contributed by atoms with Crippen LogP contribution in [0.5, 0.6) is 0 Å². The van der Waals surface area contributed by atoms with Crippen molar-refractivity contribution < 1.29 is 9.30 Å². The molecule has 6 heavy (non-hydrogen) atoms. The van der Waals surface area contributed by atoms with Crippen molar-refractivity contribution in [3.05, 3.63) is 0 Å². The number of methoxy groups -OCH3 is 1. The Morgan fingerprint density at radius 3 is 2.50 bits per heavy atom. The van der Waals surface area contributed by atoms with Crippen LogP contribution in [0.15, 0.2) is 0 Å². The molecule has 0 radical (unpaired) electrons. The van der Waals surface area contributed by atoms with E-state index in [4.69, 9.17) is 11.2 Å². The summed E-state index contributed by atoms with van der Waals surface area (Å²) in [5.74, 6) is 0. The highest BCUT2D eigenvalue weighted by Crippen LogP contribution is 2.24. The Bertz CT molecular complexity index is 55.5. The second-order valence-corrected chi connectivity index (χ2v) is 3.05. The number of hydrogen-bond donors (Lipinski definition) is 0. The summed E-state index contributed by atoms with van der Waals surface area (Å²) in [4.78, 5) is 0. The molecule has 0 fully saturated rings. The Morgan fingerprint density at radius 1 is 2.00 bits per heavy atom. The molecule has 0 aliphatic carbocycles. The van der Waals surface area contributed by atoms with Gasteiger partial charge in [-0.15, -0.1) is 0 Å². The van der Waals surface area contributed by atoms with E-state index in [2.05, 4.69) is 4.74 Å². The molecule has 0 aliphatic rings. The van der Waals surface area contributed by atoms with Gasteiger partial charge in [0.05, 0.1) is 0 Å². The first-order valence-corrected chi connectivity index (χ1v) is 4.07. The zero-order valence-electron chi connectivity index (χ0n) is 3.40. The summed E-state index contributed by atoms with van der Waals surface area (Å²) >= 11 is 5.00. The van der Waals surface area contributed by atoms with Gasteiger partial charge in [0.15, 0.2) is 7.15 Å². The fraction of sp³-hybridized carbons (Fsp3) is 1.00. The largest absolute Gasteiger partial charge is 0.376 e. The molecule has 0 aliphatic heterocycles. The Hall–Kier alpha value is 0.480. The van der Waals surface area contributed by atoms with E-state index in [0.717, 1.165) is 0 Å². The molecule has 0 N–H and O–H groups in total. The molecule has 2 nitrogen and oxygen atoms in total. The molecular weight excluding hydrogens is 122 g/mol. The first-order chi connectivity index (χ1) is 2.77. The van der Waals surface area contributed by atoms with E-state index in [9.17, 15) is 4.57 Å². The molecule has 1 atom stereocenters. The van der Waals surface area contributed by atoms with Crippen molar-refractivity contribution in [3.8, 4) is 0 Å². The van der Waals surface area contributed by atoms with Crippen LogP contribution in [0.2, 0.25) is 0 Å². The Morgan fingerprint density at radius 2 is 2.50 bits per heavy atom. The first kappa shape index (κ1) is 6.48. The van der Waals surface area contributed by atoms with Crippen LogP contribution in [0.1, 0.15) is 0 Å². The van der Waals surface area contributed by atoms with E-state index < -0.39 is 7.15 Å². The quantitative estimate of drug-likeness (QED) is 0.524. The van der Waals surface area contributed by atoms with Crippen LogP contribution < -0.4 is 0 Å². The molecule has 0 amide bonds. The molecule has 0 saturated heterocycles. The molecule has 0 heterocycles. The summed E-state index contributed by atoms with van der Waals surface area (Å²) in [6.45, 7) is 0. The zero-order valence-corrected chi connectivity index (χ0v) is 5.16. The lowest BCUT2D eigenvalue weighted by Gasteiger charge is -1.84. The number of rotatable bonds is 2. The van der Waals surface area contributed by atoms with Crippen LogP contribution in [0.4, 0.5) is 0 Å². The highest BCUT2D eigenvalue weighted by Gasteiger charge is 1.84. The summed E-state index contributed by atoms with van der Waals surface area (Å²) in [6.07, 6.45) is 0.187. The van der Waals surface area contributed by atoms with Gasteiger partial charge in [-0.05, 0) is 0 Å². The predicted molar refractivity (Wildman–Crippen MR) is 26.7 cm³/mol. The molecule has 0 spiro atoms. The van der Waals surface area contributed by atoms with Gasteiger partial charge in [-0.25, -0.2) is 0 Å². The summed E-state index contributed by atoms with van der Waals surface area (Å²) in [5, 5.41) is 0. The van der Waals surface area contributed by atoms with Gasteiger partial charge in [0.1, 0.15) is 6.35 Å². The van der Waals surface area contributed by atoms with E-state index in [-0.39, 0.29) is 6.35 Å². The number of hydrogen-bond acceptors (Lipinski definition) is 2. The molecule has 4 heteroatoms. The third kappa shape index (κ3) is 4.48. The molecule has 0 aromatic carbocycles. The summed E-state index contributed by atoms with van der Waals surface area (Å²) in [6, 6.07) is 0. The van der Waals surface area contributed by atoms with Crippen LogP contribution in [-0.2, 0) is 9.30 Å². The molecule has 0 bridgehead atoms. The smallest absolute Gasteiger partial charge is 0.182 e. The molecule has 1 unspecified atom stereocenters. The van der Waals surface area contributed by atoms with E-state index in [0.29, 0.717) is 0 Å². The fourth-order valence-corrected chi connectivity index (χ4v) is 0.668. The SMILES string of the molecule is COC[PH](=O)Cl. The van der Waals surface area contributed by atoms with Gasteiger partial charge in [-0.2, -0.15) is 0 Å². The van der Waals surface area contributed by atoms with Crippen molar-refractivity contribution in [2.75, 3.05) is 13.5 Å². The van der Waals surface area contributed by atoms with Crippen molar-refractivity contribution in [1.29, 1.82) is 0 Å². The van der Waals surface area contributed by atoms with Gasteiger partial charge in [-0.3, -0.25) is 0 Å². The van der Waals surface area contributed by atoms with E-state index in [1.165, 1.54) is 7.11 Å². The van der Waals surface area contributed by atoms with Crippen molar-refractivity contribution >= 4 is 18.4 Å². The maximum Gasteiger partial charge on any atom is 0.182 e. The van der Waals surface area contributed by atoms with Crippen LogP contribution in [0, 0.1) is 0 Å². The molecular formula is C2H6ClO2P. The maximum absolute atomic E-state index is 9.87. The highest BCUT2D eigenvalue weighted by atomic mass is 35.7. The first-order valence-electron chi connectivity index (χ1n) is 1.44. The number of halogens is 1. The topological polar surface area (TPSA) is 26.3 Å². The van der Waals surface area contributed by atoms with Crippen LogP contribution in [0.3, 0.4) is 0 Å². The second kappa shape index (κ2) is 3.66. The summed E-state index contributed by atoms with van der Waals surface area (Å²) < 4.78 is 14.3. The minimum absolute atomic E-state index is 0.187. The fourth-order valence-electron chi connectivity index (χ4n) is 0.113. The average Bonchev–Trinajstić information content (AvgIpc) is 1.35. The van der Waals surface area contributed by atoms with Crippen molar-refractivity contribution in [3.63, 3.8) is 0 Å². The van der Waals surface area contributed by atoms with E-state index in [1.807, 2.05) is 0 Å². The molecule has 0 aromatic rings. The van der Waals surface area contributed by atoms with Crippen LogP contribution >= 0.6 is 18.4 Å². The normalized spacial score (nSPS) is 14.3.